The molecule has 22 heteroatoms. The average molecular weight is 1640 g/mol. The van der Waals surface area contributed by atoms with Gasteiger partial charge in [0.05, 0.1) is 83.9 Å². The van der Waals surface area contributed by atoms with Crippen LogP contribution in [0.25, 0.3) is 0 Å². The Hall–Kier alpha value is -5.51. The van der Waals surface area contributed by atoms with Gasteiger partial charge in [0.1, 0.15) is 36.1 Å². The van der Waals surface area contributed by atoms with Crippen LogP contribution >= 0.6 is 0 Å². The van der Waals surface area contributed by atoms with Crippen molar-refractivity contribution in [1.82, 2.24) is 0 Å². The van der Waals surface area contributed by atoms with E-state index >= 15 is 0 Å². The van der Waals surface area contributed by atoms with Gasteiger partial charge in [0.15, 0.2) is 0 Å². The minimum Gasteiger partial charge on any atom is -0.469 e. The van der Waals surface area contributed by atoms with Crippen LogP contribution in [0.4, 0.5) is 0 Å². The van der Waals surface area contributed by atoms with Crippen molar-refractivity contribution in [2.45, 2.75) is 374 Å². The highest BCUT2D eigenvalue weighted by molar-refractivity contribution is 5.96. The predicted octanol–water partition coefficient (Wildman–Crippen LogP) is 20.0. The summed E-state index contributed by atoms with van der Waals surface area (Å²) in [6.07, 6.45) is 23.3. The monoisotopic (exact) mass is 1640 g/mol. The molecule has 0 aromatic rings. The molecule has 16 rings (SSSR count). The highest BCUT2D eigenvalue weighted by atomic mass is 16.6. The van der Waals surface area contributed by atoms with Gasteiger partial charge in [-0.3, -0.25) is 52.7 Å². The van der Waals surface area contributed by atoms with Gasteiger partial charge in [-0.05, 0) is 236 Å². The second-order valence-electron chi connectivity index (χ2n) is 35.9. The number of methoxy groups -OCH3 is 1. The molecule has 115 heavy (non-hydrogen) atoms. The summed E-state index contributed by atoms with van der Waals surface area (Å²) < 4.78 is 57.3. The van der Waals surface area contributed by atoms with Gasteiger partial charge in [0, 0.05) is 25.0 Å². The van der Waals surface area contributed by atoms with E-state index in [0.29, 0.717) is 55.1 Å². The Balaban J connectivity index is 0. The van der Waals surface area contributed by atoms with E-state index < -0.39 is 53.2 Å². The molecule has 6 saturated heterocycles. The lowest BCUT2D eigenvalue weighted by molar-refractivity contribution is -0.214. The van der Waals surface area contributed by atoms with Gasteiger partial charge in [-0.1, -0.05) is 149 Å². The molecule has 672 valence electrons. The molecule has 17 unspecified atom stereocenters. The van der Waals surface area contributed by atoms with E-state index in [2.05, 4.69) is 64.9 Å². The minimum atomic E-state index is -0.541. The van der Waals surface area contributed by atoms with Crippen molar-refractivity contribution < 1.29 is 105 Å². The highest BCUT2D eigenvalue weighted by Crippen LogP contribution is 2.63. The molecule has 0 aromatic heterocycles. The molecule has 10 bridgehead atoms. The standard InChI is InChI=1S/2C17H28O2.C15H20O6.C10H16O4.2C7H14O.2C6H8O3.8CH4/c1-5-16(2,3)15(18)19-17(4)13-7-11-6-12(9-13)10-14(17)8-11;1-4-11(3)16(18)19-17(5-2)14-7-12-6-13(9-14)10-15(17)8-12;1-4-6(2)13(16)20-11-7-5-8-10(9(7)14(17)19-3)15(18)21-12(8)11;1-4-10(2,3)9(12)14-7-5-8(11)13-6-7;2*1-6-4-3-5-8-7(6)2;2*1-3-4(2)6(8)9-5(3)7;;;;;;;;/h11-14H,5-10H2,1-4H3;11-15H,4-10H2,1-3H3;6-12H,4-5H2,1-3H3;7H,4-6H2,1-3H3;2*6-7H,3-5H2,1-2H3;2*3-4H,1-2H3;8*1H4. The van der Waals surface area contributed by atoms with Gasteiger partial charge in [-0.15, -0.1) is 0 Å². The second-order valence-corrected chi connectivity index (χ2v) is 35.9. The van der Waals surface area contributed by atoms with Gasteiger partial charge in [-0.25, -0.2) is 0 Å². The smallest absolute Gasteiger partial charge is 0.317 e. The average Bonchev–Trinajstić information content (AvgIpc) is 1.50. The number of rotatable bonds is 14. The van der Waals surface area contributed by atoms with Gasteiger partial charge in [0.2, 0.25) is 0 Å². The third-order valence-corrected chi connectivity index (χ3v) is 28.1. The second kappa shape index (κ2) is 48.1. The summed E-state index contributed by atoms with van der Waals surface area (Å²) in [5.41, 5.74) is -1.09. The van der Waals surface area contributed by atoms with E-state index in [9.17, 15) is 52.7 Å². The first-order valence-electron chi connectivity index (χ1n) is 41.3. The number of hydrogen-bond acceptors (Lipinski definition) is 22. The number of ether oxygens (including phenoxy) is 11. The number of hydrogen-bond donors (Lipinski definition) is 0. The maximum absolute atomic E-state index is 12.5. The molecule has 0 spiro atoms. The Labute approximate surface area is 697 Å². The van der Waals surface area contributed by atoms with Crippen LogP contribution in [0.15, 0.2) is 0 Å². The Morgan fingerprint density at radius 1 is 0.496 bits per heavy atom. The molecule has 16 fully saturated rings. The Morgan fingerprint density at radius 3 is 1.21 bits per heavy atom. The Morgan fingerprint density at radius 2 is 0.887 bits per heavy atom. The highest BCUT2D eigenvalue weighted by Gasteiger charge is 2.70. The van der Waals surface area contributed by atoms with Crippen LogP contribution < -0.4 is 0 Å². The summed E-state index contributed by atoms with van der Waals surface area (Å²) in [6.45, 7) is 41.7. The first kappa shape index (κ1) is 112. The van der Waals surface area contributed by atoms with E-state index in [0.717, 1.165) is 68.0 Å². The first-order chi connectivity index (χ1) is 50.2. The summed E-state index contributed by atoms with van der Waals surface area (Å²) in [4.78, 5) is 125. The first-order valence-corrected chi connectivity index (χ1v) is 41.3. The molecular formula is C93H168O22. The van der Waals surface area contributed by atoms with E-state index in [4.69, 9.17) is 42.6 Å². The molecule has 0 amide bonds. The van der Waals surface area contributed by atoms with Crippen LogP contribution in [0.1, 0.15) is 333 Å². The van der Waals surface area contributed by atoms with E-state index in [1.54, 1.807) is 34.6 Å². The van der Waals surface area contributed by atoms with Crippen molar-refractivity contribution in [2.24, 2.45) is 129 Å². The van der Waals surface area contributed by atoms with Gasteiger partial charge in [-0.2, -0.15) is 0 Å². The van der Waals surface area contributed by atoms with E-state index in [1.165, 1.54) is 97.0 Å². The topological polar surface area (TPSA) is 289 Å². The third-order valence-electron chi connectivity index (χ3n) is 28.1. The molecule has 16 aliphatic rings. The number of cyclic esters (lactones) is 5. The SMILES string of the molecule is C.C.C.C.C.C.C.C.CC1C(=O)OC(=O)C1C.CC1C(=O)OC(=O)C1C.CC1CCCOC1C.CC1CCCOC1C.CCC(C)(C)C(=O)OC1(C)C2CC3CC(C2)CC1C3.CCC(C)(C)C(=O)OC1COC(=O)C1.CCC(C)C(=O)OC1(CC)C2CC3CC(C2)CC1C3.CCC(C)C(=O)OC1C2CC3C1OC(=O)C3C2C(=O)OC. The molecule has 22 nitrogen and oxygen atoms in total. The fourth-order valence-corrected chi connectivity index (χ4v) is 18.6. The quantitative estimate of drug-likeness (QED) is 0.0887. The van der Waals surface area contributed by atoms with Gasteiger partial charge in [0.25, 0.3) is 0 Å². The van der Waals surface area contributed by atoms with Gasteiger partial charge < -0.3 is 52.1 Å². The lowest BCUT2D eigenvalue weighted by Crippen LogP contribution is -2.59. The third kappa shape index (κ3) is 26.7. The van der Waals surface area contributed by atoms with E-state index in [-0.39, 0.29) is 184 Å². The van der Waals surface area contributed by atoms with Gasteiger partial charge >= 0.3 is 65.7 Å². The summed E-state index contributed by atoms with van der Waals surface area (Å²) in [7, 11) is 1.31. The normalized spacial score (nSPS) is 35.9. The van der Waals surface area contributed by atoms with Crippen LogP contribution in [-0.4, -0.2) is 134 Å². The number of carbonyl (C=O) groups is 11. The van der Waals surface area contributed by atoms with Crippen molar-refractivity contribution in [3.05, 3.63) is 0 Å². The lowest BCUT2D eigenvalue weighted by Gasteiger charge is -2.60. The van der Waals surface area contributed by atoms with Crippen molar-refractivity contribution in [2.75, 3.05) is 26.9 Å². The zero-order valence-corrected chi connectivity index (χ0v) is 68.9. The number of carbonyl (C=O) groups excluding carboxylic acids is 11. The maximum Gasteiger partial charge on any atom is 0.317 e. The van der Waals surface area contributed by atoms with E-state index in [1.807, 2.05) is 48.5 Å². The maximum atomic E-state index is 12.5. The fourth-order valence-electron chi connectivity index (χ4n) is 18.6. The lowest BCUT2D eigenvalue weighted by atomic mass is 9.49. The summed E-state index contributed by atoms with van der Waals surface area (Å²) in [5, 5.41) is 0. The van der Waals surface area contributed by atoms with Crippen molar-refractivity contribution in [3.63, 3.8) is 0 Å². The molecule has 10 aliphatic carbocycles. The summed E-state index contributed by atoms with van der Waals surface area (Å²) in [5.74, 6) is 2.40. The Kier molecular flexibility index (Phi) is 46.6. The zero-order chi connectivity index (χ0) is 79.5. The zero-order valence-electron chi connectivity index (χ0n) is 68.9. The minimum absolute atomic E-state index is 0. The Bertz CT molecular complexity index is 2910. The molecule has 17 atom stereocenters. The fraction of sp³-hybridized carbons (Fsp3) is 0.882. The van der Waals surface area contributed by atoms with Crippen LogP contribution in [-0.2, 0) is 105 Å². The number of esters is 11. The summed E-state index contributed by atoms with van der Waals surface area (Å²) in [6, 6.07) is 0. The summed E-state index contributed by atoms with van der Waals surface area (Å²) >= 11 is 0. The molecule has 6 heterocycles. The predicted molar refractivity (Wildman–Crippen MR) is 451 cm³/mol. The molecular weight excluding hydrogens is 1470 g/mol. The van der Waals surface area contributed by atoms with Crippen LogP contribution in [0, 0.1) is 129 Å². The largest absolute Gasteiger partial charge is 0.469 e. The number of fused-ring (bicyclic) bond motifs is 1. The molecule has 0 aromatic carbocycles. The van der Waals surface area contributed by atoms with Crippen LogP contribution in [0.3, 0.4) is 0 Å². The van der Waals surface area contributed by atoms with Crippen molar-refractivity contribution in [3.8, 4) is 0 Å². The van der Waals surface area contributed by atoms with Crippen LogP contribution in [0.2, 0.25) is 0 Å². The van der Waals surface area contributed by atoms with Crippen molar-refractivity contribution >= 4 is 65.7 Å². The molecule has 0 N–H and O–H groups in total. The molecule has 10 saturated carbocycles. The molecule has 6 aliphatic heterocycles. The molecule has 0 radical (unpaired) electrons. The van der Waals surface area contributed by atoms with Crippen LogP contribution in [0.5, 0.6) is 0 Å². The van der Waals surface area contributed by atoms with Crippen molar-refractivity contribution in [1.29, 1.82) is 0 Å².